The van der Waals surface area contributed by atoms with Crippen molar-refractivity contribution < 1.29 is 33.5 Å². The minimum absolute atomic E-state index is 0.0169. The molecule has 0 bridgehead atoms. The van der Waals surface area contributed by atoms with Crippen molar-refractivity contribution in [2.45, 2.75) is 155 Å². The number of fused-ring (bicyclic) bond motifs is 2. The zero-order valence-electron chi connectivity index (χ0n) is 30.3. The number of nitrogens with zero attached hydrogens (tertiary/aromatic N) is 1. The number of esters is 2. The van der Waals surface area contributed by atoms with Crippen molar-refractivity contribution in [1.29, 1.82) is 0 Å². The number of β-lactam (4-membered cyclic amide) rings is 2. The van der Waals surface area contributed by atoms with Gasteiger partial charge in [-0.15, -0.1) is 0 Å². The first kappa shape index (κ1) is 40.1. The largest absolute Gasteiger partial charge is 0.386 e. The van der Waals surface area contributed by atoms with Crippen LogP contribution in [0.4, 0.5) is 0 Å². The van der Waals surface area contributed by atoms with Crippen molar-refractivity contribution in [2.24, 2.45) is 23.7 Å². The quantitative estimate of drug-likeness (QED) is 0.101. The highest BCUT2D eigenvalue weighted by atomic mass is 16.6. The number of amides is 3. The molecule has 2 saturated heterocycles. The second-order valence-corrected chi connectivity index (χ2v) is 14.9. The summed E-state index contributed by atoms with van der Waals surface area (Å²) in [6, 6.07) is 0.663. The third-order valence-electron chi connectivity index (χ3n) is 10.8. The second-order valence-electron chi connectivity index (χ2n) is 14.9. The molecule has 1 N–H and O–H groups in total. The van der Waals surface area contributed by atoms with Crippen LogP contribution in [0.3, 0.4) is 0 Å². The lowest BCUT2D eigenvalue weighted by molar-refractivity contribution is -0.171. The lowest BCUT2D eigenvalue weighted by Crippen LogP contribution is -2.64. The van der Waals surface area contributed by atoms with Crippen LogP contribution in [0.1, 0.15) is 143 Å². The van der Waals surface area contributed by atoms with E-state index in [0.29, 0.717) is 29.9 Å². The summed E-state index contributed by atoms with van der Waals surface area (Å²) < 4.78 is 4.30. The number of ketones is 1. The smallest absolute Gasteiger partial charge is 0.340 e. The topological polar surface area (TPSA) is 127 Å². The highest BCUT2D eigenvalue weighted by Gasteiger charge is 2.51. The Morgan fingerprint density at radius 1 is 0.653 bits per heavy atom. The Morgan fingerprint density at radius 2 is 1.14 bits per heavy atom. The highest BCUT2D eigenvalue weighted by molar-refractivity contribution is 6.03. The van der Waals surface area contributed by atoms with E-state index in [4.69, 9.17) is 0 Å². The van der Waals surface area contributed by atoms with E-state index >= 15 is 0 Å². The number of Topliss-reactive ketones (excluding diaryl/α,β-unsaturated/α-hetero) is 1. The van der Waals surface area contributed by atoms with Crippen LogP contribution >= 0.6 is 0 Å². The summed E-state index contributed by atoms with van der Waals surface area (Å²) in [4.78, 5) is 72.5. The van der Waals surface area contributed by atoms with Gasteiger partial charge in [-0.25, -0.2) is 9.59 Å². The summed E-state index contributed by atoms with van der Waals surface area (Å²) in [5.74, 6) is -0.646. The molecule has 9 heteroatoms. The van der Waals surface area contributed by atoms with E-state index in [0.717, 1.165) is 64.2 Å². The summed E-state index contributed by atoms with van der Waals surface area (Å²) in [6.45, 7) is 15.1. The van der Waals surface area contributed by atoms with E-state index in [1.165, 1.54) is 65.2 Å². The van der Waals surface area contributed by atoms with E-state index in [-0.39, 0.29) is 52.5 Å². The van der Waals surface area contributed by atoms with Crippen molar-refractivity contribution in [3.8, 4) is 0 Å². The molecule has 49 heavy (non-hydrogen) atoms. The second kappa shape index (κ2) is 19.7. The molecular weight excluding hydrogens is 620 g/mol. The van der Waals surface area contributed by atoms with Gasteiger partial charge in [0.05, 0.1) is 17.9 Å². The standard InChI is InChI=1S/C23H35NO3.C9H15NO.C8H10O3/c1-16(2)21(25)15-17-11-7-3-4-8-12-18(17)22(26)24-20-14-10-6-5-9-13-19(20)23(24)27;11-9-7-5-3-1-2-4-6-8(7)10-9;1-5(2)7(9)11-8(10)6(3)4/h17-20H,1,3-15H2,2H3;7-8H,1-6H2,(H,10,11);1,3H2,2,4H3/t17-,18-,19-,20+;7-,8?;/m11./s1. The maximum atomic E-state index is 13.4. The SMILES string of the molecule is C=C(C)C(=O)C[C@H]1CCCCCC[C@H]1C(=O)N1C(=O)[C@@H]2CCCCCC[C@@H]21.C=C(C)C(=O)OC(=O)C(=C)C.O=C1NC2CCCCCC[C@@H]12. The van der Waals surface area contributed by atoms with E-state index in [9.17, 15) is 28.8 Å². The molecule has 2 heterocycles. The molecule has 3 amide bonds. The first-order valence-electron chi connectivity index (χ1n) is 18.8. The lowest BCUT2D eigenvalue weighted by atomic mass is 9.74. The van der Waals surface area contributed by atoms with Crippen molar-refractivity contribution in [2.75, 3.05) is 0 Å². The number of hydrogen-bond acceptors (Lipinski definition) is 7. The van der Waals surface area contributed by atoms with Gasteiger partial charge in [-0.3, -0.25) is 24.1 Å². The lowest BCUT2D eigenvalue weighted by Gasteiger charge is -2.49. The van der Waals surface area contributed by atoms with Gasteiger partial charge < -0.3 is 10.1 Å². The Hall–Kier alpha value is -3.36. The fourth-order valence-electron chi connectivity index (χ4n) is 7.74. The summed E-state index contributed by atoms with van der Waals surface area (Å²) >= 11 is 0. The fourth-order valence-corrected chi connectivity index (χ4v) is 7.74. The molecule has 0 radical (unpaired) electrons. The van der Waals surface area contributed by atoms with Gasteiger partial charge in [0.25, 0.3) is 0 Å². The van der Waals surface area contributed by atoms with E-state index < -0.39 is 11.9 Å². The molecule has 3 aliphatic carbocycles. The third-order valence-corrected chi connectivity index (χ3v) is 10.8. The summed E-state index contributed by atoms with van der Waals surface area (Å²) in [6.07, 6.45) is 20.7. The van der Waals surface area contributed by atoms with Gasteiger partial charge in [0.2, 0.25) is 17.7 Å². The number of allylic oxidation sites excluding steroid dienone is 1. The predicted molar refractivity (Wildman–Crippen MR) is 190 cm³/mol. The van der Waals surface area contributed by atoms with Gasteiger partial charge in [0.1, 0.15) is 0 Å². The summed E-state index contributed by atoms with van der Waals surface area (Å²) in [7, 11) is 0. The van der Waals surface area contributed by atoms with Crippen molar-refractivity contribution in [3.63, 3.8) is 0 Å². The monoisotopic (exact) mass is 680 g/mol. The first-order valence-corrected chi connectivity index (χ1v) is 18.8. The Kier molecular flexibility index (Phi) is 16.1. The molecule has 272 valence electrons. The van der Waals surface area contributed by atoms with E-state index in [1.807, 2.05) is 0 Å². The maximum absolute atomic E-state index is 13.4. The van der Waals surface area contributed by atoms with Crippen LogP contribution in [0, 0.1) is 23.7 Å². The Bertz CT molecular complexity index is 1240. The summed E-state index contributed by atoms with van der Waals surface area (Å²) in [5, 5.41) is 2.97. The van der Waals surface area contributed by atoms with Crippen LogP contribution in [0.25, 0.3) is 0 Å². The van der Waals surface area contributed by atoms with Crippen molar-refractivity contribution in [3.05, 3.63) is 36.5 Å². The average Bonchev–Trinajstić information content (AvgIpc) is 3.01. The van der Waals surface area contributed by atoms with Crippen LogP contribution in [-0.4, -0.2) is 52.4 Å². The van der Waals surface area contributed by atoms with Crippen LogP contribution in [0.5, 0.6) is 0 Å². The molecular formula is C40H60N2O7. The molecule has 5 fully saturated rings. The van der Waals surface area contributed by atoms with Gasteiger partial charge in [0.15, 0.2) is 5.78 Å². The number of ether oxygens (including phenoxy) is 1. The number of likely N-dealkylation sites (tertiary alicyclic amines) is 1. The minimum Gasteiger partial charge on any atom is -0.386 e. The number of rotatable bonds is 6. The normalized spacial score (nSPS) is 28.1. The fraction of sp³-hybridized carbons (Fsp3) is 0.700. The van der Waals surface area contributed by atoms with Gasteiger partial charge in [-0.1, -0.05) is 96.8 Å². The molecule has 9 nitrogen and oxygen atoms in total. The molecule has 3 saturated carbocycles. The Labute approximate surface area is 293 Å². The summed E-state index contributed by atoms with van der Waals surface area (Å²) in [5.41, 5.74) is 0.961. The maximum Gasteiger partial charge on any atom is 0.340 e. The minimum atomic E-state index is -0.710. The van der Waals surface area contributed by atoms with Gasteiger partial charge in [-0.2, -0.15) is 0 Å². The third kappa shape index (κ3) is 11.6. The van der Waals surface area contributed by atoms with Crippen LogP contribution in [0.2, 0.25) is 0 Å². The number of imide groups is 1. The van der Waals surface area contributed by atoms with Gasteiger partial charge in [-0.05, 0) is 70.8 Å². The molecule has 0 aromatic heterocycles. The molecule has 2 aliphatic heterocycles. The number of carbonyl (C=O) groups excluding carboxylic acids is 6. The molecule has 5 rings (SSSR count). The zero-order valence-corrected chi connectivity index (χ0v) is 30.3. The highest BCUT2D eigenvalue weighted by Crippen LogP contribution is 2.41. The van der Waals surface area contributed by atoms with Crippen LogP contribution in [-0.2, 0) is 33.5 Å². The van der Waals surface area contributed by atoms with E-state index in [1.54, 1.807) is 11.8 Å². The zero-order chi connectivity index (χ0) is 36.1. The van der Waals surface area contributed by atoms with Crippen LogP contribution in [0.15, 0.2) is 36.5 Å². The number of hydrogen-bond donors (Lipinski definition) is 1. The Morgan fingerprint density at radius 3 is 1.67 bits per heavy atom. The molecule has 6 atom stereocenters. The van der Waals surface area contributed by atoms with Gasteiger partial charge >= 0.3 is 11.9 Å². The first-order chi connectivity index (χ1) is 23.3. The molecule has 0 spiro atoms. The van der Waals surface area contributed by atoms with Crippen molar-refractivity contribution in [1.82, 2.24) is 10.2 Å². The molecule has 0 aromatic rings. The molecule has 1 unspecified atom stereocenters. The van der Waals surface area contributed by atoms with E-state index in [2.05, 4.69) is 29.8 Å². The molecule has 0 aromatic carbocycles. The number of carbonyl (C=O) groups is 6. The van der Waals surface area contributed by atoms with Crippen molar-refractivity contribution >= 4 is 35.4 Å². The average molecular weight is 681 g/mol. The molecule has 5 aliphatic rings. The van der Waals surface area contributed by atoms with Gasteiger partial charge in [0, 0.05) is 29.5 Å². The Balaban J connectivity index is 0.000000242. The number of nitrogens with one attached hydrogen (secondary N) is 1. The predicted octanol–water partition coefficient (Wildman–Crippen LogP) is 7.48. The van der Waals surface area contributed by atoms with Crippen LogP contribution < -0.4 is 5.32 Å².